The van der Waals surface area contributed by atoms with E-state index in [4.69, 9.17) is 5.73 Å². The Hall–Kier alpha value is -2.41. The van der Waals surface area contributed by atoms with Gasteiger partial charge in [-0.15, -0.1) is 0 Å². The number of aliphatic hydroxyl groups is 1. The highest BCUT2D eigenvalue weighted by molar-refractivity contribution is 5.87. The first-order valence-electron chi connectivity index (χ1n) is 8.76. The maximum Gasteiger partial charge on any atom is 0.222 e. The predicted octanol–water partition coefficient (Wildman–Crippen LogP) is 2.97. The molecule has 0 amide bonds. The average Bonchev–Trinajstić information content (AvgIpc) is 2.97. The maximum absolute atomic E-state index is 9.31. The molecule has 2 aromatic heterocycles. The van der Waals surface area contributed by atoms with Gasteiger partial charge in [-0.2, -0.15) is 4.98 Å². The second kappa shape index (κ2) is 9.17. The lowest BCUT2D eigenvalue weighted by molar-refractivity contribution is 0.276. The van der Waals surface area contributed by atoms with E-state index in [1.807, 2.05) is 32.2 Å². The molecule has 0 radical (unpaired) electrons. The van der Waals surface area contributed by atoms with Gasteiger partial charge in [0.15, 0.2) is 5.82 Å². The first-order valence-corrected chi connectivity index (χ1v) is 8.76. The molecular formula is C18H28N6O. The Morgan fingerprint density at radius 1 is 1.40 bits per heavy atom. The van der Waals surface area contributed by atoms with Crippen LogP contribution in [-0.4, -0.2) is 38.5 Å². The Morgan fingerprint density at radius 2 is 2.20 bits per heavy atom. The third-order valence-corrected chi connectivity index (χ3v) is 4.04. The lowest BCUT2D eigenvalue weighted by Gasteiger charge is -2.19. The molecule has 1 atom stereocenters. The van der Waals surface area contributed by atoms with Crippen LogP contribution in [0.5, 0.6) is 0 Å². The first kappa shape index (κ1) is 18.9. The van der Waals surface area contributed by atoms with Crippen LogP contribution in [0.2, 0.25) is 0 Å². The van der Waals surface area contributed by atoms with Gasteiger partial charge in [-0.25, -0.2) is 4.98 Å². The molecule has 2 rings (SSSR count). The number of nitrogen functional groups attached to an aromatic ring is 1. The molecule has 0 saturated carbocycles. The Morgan fingerprint density at radius 3 is 2.84 bits per heavy atom. The number of rotatable bonds is 9. The maximum atomic E-state index is 9.31. The van der Waals surface area contributed by atoms with Crippen molar-refractivity contribution in [2.24, 2.45) is 4.99 Å². The molecule has 2 heterocycles. The van der Waals surface area contributed by atoms with E-state index >= 15 is 0 Å². The van der Waals surface area contributed by atoms with Gasteiger partial charge in [-0.05, 0) is 32.8 Å². The quantitative estimate of drug-likeness (QED) is 0.607. The molecule has 0 saturated heterocycles. The summed E-state index contributed by atoms with van der Waals surface area (Å²) in [6.45, 7) is 6.76. The molecule has 0 spiro atoms. The minimum Gasteiger partial charge on any atom is -0.396 e. The van der Waals surface area contributed by atoms with E-state index in [2.05, 4.69) is 31.8 Å². The summed E-state index contributed by atoms with van der Waals surface area (Å²) >= 11 is 0. The molecule has 0 unspecified atom stereocenters. The Kier molecular flexibility index (Phi) is 6.94. The molecule has 0 aliphatic heterocycles. The monoisotopic (exact) mass is 344 g/mol. The number of aliphatic hydroxyl groups excluding tert-OH is 1. The standard InChI is InChI=1S/C18H28N6O/c1-4-7-14(9-11-25)21-17-16-15(22-18(19)23-17)8-10-24(16)12-13(5-2)20-6-3/h5-6,8,10,14,25H,4,7,9,11-12H2,1-3H3,(H3,19,21,22,23)/b13-5-,20-6?/t14-/m0/s1. The van der Waals surface area contributed by atoms with E-state index in [9.17, 15) is 5.11 Å². The van der Waals surface area contributed by atoms with Crippen LogP contribution in [0.15, 0.2) is 29.0 Å². The van der Waals surface area contributed by atoms with Crippen LogP contribution < -0.4 is 11.1 Å². The van der Waals surface area contributed by atoms with E-state index in [0.29, 0.717) is 18.8 Å². The van der Waals surface area contributed by atoms with Crippen LogP contribution in [0.3, 0.4) is 0 Å². The largest absolute Gasteiger partial charge is 0.396 e. The van der Waals surface area contributed by atoms with Gasteiger partial charge in [0.1, 0.15) is 5.52 Å². The number of anilines is 2. The van der Waals surface area contributed by atoms with Gasteiger partial charge in [0, 0.05) is 25.1 Å². The molecule has 0 bridgehead atoms. The van der Waals surface area contributed by atoms with Crippen molar-refractivity contribution >= 4 is 29.0 Å². The van der Waals surface area contributed by atoms with E-state index < -0.39 is 0 Å². The Labute approximate surface area is 148 Å². The van der Waals surface area contributed by atoms with Crippen LogP contribution in [0.25, 0.3) is 11.0 Å². The van der Waals surface area contributed by atoms with Crippen molar-refractivity contribution in [1.82, 2.24) is 14.5 Å². The molecule has 136 valence electrons. The van der Waals surface area contributed by atoms with Crippen molar-refractivity contribution in [2.75, 3.05) is 17.7 Å². The smallest absolute Gasteiger partial charge is 0.222 e. The third-order valence-electron chi connectivity index (χ3n) is 4.04. The van der Waals surface area contributed by atoms with Crippen molar-refractivity contribution in [2.45, 2.75) is 52.6 Å². The fraction of sp³-hybridized carbons (Fsp3) is 0.500. The summed E-state index contributed by atoms with van der Waals surface area (Å²) < 4.78 is 2.07. The van der Waals surface area contributed by atoms with Crippen molar-refractivity contribution in [3.63, 3.8) is 0 Å². The van der Waals surface area contributed by atoms with Crippen LogP contribution >= 0.6 is 0 Å². The normalized spacial score (nSPS) is 13.7. The number of aliphatic imine (C=N–C) groups is 1. The van der Waals surface area contributed by atoms with Gasteiger partial charge in [0.25, 0.3) is 0 Å². The summed E-state index contributed by atoms with van der Waals surface area (Å²) in [6.07, 6.45) is 8.39. The zero-order valence-corrected chi connectivity index (χ0v) is 15.2. The summed E-state index contributed by atoms with van der Waals surface area (Å²) in [6, 6.07) is 2.08. The van der Waals surface area contributed by atoms with Gasteiger partial charge in [-0.3, -0.25) is 4.99 Å². The lowest BCUT2D eigenvalue weighted by Crippen LogP contribution is -2.22. The SMILES string of the molecule is CC=N/C(=C\C)Cn1ccc2nc(N)nc(N[C@@H](CCC)CCO)c21. The fourth-order valence-electron chi connectivity index (χ4n) is 2.89. The lowest BCUT2D eigenvalue weighted by atomic mass is 10.1. The summed E-state index contributed by atoms with van der Waals surface area (Å²) in [7, 11) is 0. The predicted molar refractivity (Wildman–Crippen MR) is 104 cm³/mol. The number of fused-ring (bicyclic) bond motifs is 1. The molecule has 0 aromatic carbocycles. The topological polar surface area (TPSA) is 101 Å². The zero-order chi connectivity index (χ0) is 18.2. The molecule has 2 aromatic rings. The molecular weight excluding hydrogens is 316 g/mol. The molecule has 7 heteroatoms. The highest BCUT2D eigenvalue weighted by Crippen LogP contribution is 2.25. The second-order valence-electron chi connectivity index (χ2n) is 5.92. The number of aromatic nitrogens is 3. The van der Waals surface area contributed by atoms with Crippen molar-refractivity contribution in [3.8, 4) is 0 Å². The molecule has 7 nitrogen and oxygen atoms in total. The molecule has 0 fully saturated rings. The summed E-state index contributed by atoms with van der Waals surface area (Å²) in [5.41, 5.74) is 8.54. The summed E-state index contributed by atoms with van der Waals surface area (Å²) in [5, 5.41) is 12.8. The van der Waals surface area contributed by atoms with Crippen molar-refractivity contribution < 1.29 is 5.11 Å². The van der Waals surface area contributed by atoms with Gasteiger partial charge < -0.3 is 20.7 Å². The number of allylic oxidation sites excluding steroid dienone is 2. The van der Waals surface area contributed by atoms with E-state index in [1.165, 1.54) is 0 Å². The van der Waals surface area contributed by atoms with Gasteiger partial charge in [0.2, 0.25) is 5.95 Å². The second-order valence-corrected chi connectivity index (χ2v) is 5.92. The molecule has 4 N–H and O–H groups in total. The Bertz CT molecular complexity index is 743. The average molecular weight is 344 g/mol. The highest BCUT2D eigenvalue weighted by Gasteiger charge is 2.15. The number of hydrogen-bond acceptors (Lipinski definition) is 6. The minimum absolute atomic E-state index is 0.135. The van der Waals surface area contributed by atoms with Crippen LogP contribution in [-0.2, 0) is 6.54 Å². The summed E-state index contributed by atoms with van der Waals surface area (Å²) in [4.78, 5) is 13.1. The van der Waals surface area contributed by atoms with E-state index in [0.717, 1.165) is 29.6 Å². The van der Waals surface area contributed by atoms with E-state index in [-0.39, 0.29) is 18.6 Å². The van der Waals surface area contributed by atoms with E-state index in [1.54, 1.807) is 6.21 Å². The van der Waals surface area contributed by atoms with Gasteiger partial charge in [-0.1, -0.05) is 19.4 Å². The van der Waals surface area contributed by atoms with Crippen LogP contribution in [0.1, 0.15) is 40.0 Å². The molecule has 0 aliphatic carbocycles. The first-order chi connectivity index (χ1) is 12.1. The van der Waals surface area contributed by atoms with Crippen molar-refractivity contribution in [3.05, 3.63) is 24.0 Å². The number of hydrogen-bond donors (Lipinski definition) is 3. The molecule has 25 heavy (non-hydrogen) atoms. The Balaban J connectivity index is 2.42. The van der Waals surface area contributed by atoms with Crippen molar-refractivity contribution in [1.29, 1.82) is 0 Å². The van der Waals surface area contributed by atoms with Gasteiger partial charge >= 0.3 is 0 Å². The van der Waals surface area contributed by atoms with Crippen LogP contribution in [0.4, 0.5) is 11.8 Å². The highest BCUT2D eigenvalue weighted by atomic mass is 16.3. The third kappa shape index (κ3) is 4.79. The van der Waals surface area contributed by atoms with Crippen LogP contribution in [0, 0.1) is 0 Å². The molecule has 0 aliphatic rings. The van der Waals surface area contributed by atoms with Gasteiger partial charge in [0.05, 0.1) is 17.8 Å². The fourth-order valence-corrected chi connectivity index (χ4v) is 2.89. The number of nitrogens with one attached hydrogen (secondary N) is 1. The zero-order valence-electron chi connectivity index (χ0n) is 15.2. The minimum atomic E-state index is 0.135. The number of nitrogens with two attached hydrogens (primary N) is 1. The number of nitrogens with zero attached hydrogens (tertiary/aromatic N) is 4. The summed E-state index contributed by atoms with van der Waals surface area (Å²) in [5.74, 6) is 0.945.